The largest absolute Gasteiger partial charge is 0.748 e. The molecule has 2 aromatic rings. The molecule has 0 N–H and O–H groups in total. The van der Waals surface area contributed by atoms with E-state index in [2.05, 4.69) is 23.0 Å². The molecule has 0 aromatic heterocycles. The Morgan fingerprint density at radius 2 is 1.01 bits per heavy atom. The number of hydrogen-bond donors (Lipinski definition) is 0. The number of aliphatic imine (C=N–C) groups is 1. The summed E-state index contributed by atoms with van der Waals surface area (Å²) in [6, 6.07) is 7.20. The number of carbonyl (C=O) groups is 4. The molecule has 0 bridgehead atoms. The molecule has 0 aliphatic carbocycles. The number of Topliss-reactive ketones (excluding diaryl/α,β-unsaturated/α-hetero) is 4. The third-order valence-electron chi connectivity index (χ3n) is 11.0. The fourth-order valence-electron chi connectivity index (χ4n) is 7.46. The molecule has 1 fully saturated rings. The van der Waals surface area contributed by atoms with Crippen LogP contribution in [-0.2, 0) is 77.7 Å². The van der Waals surface area contributed by atoms with Gasteiger partial charge >= 0.3 is 42.4 Å². The number of carbonyl (C=O) groups excluding carboxylic acids is 4. The van der Waals surface area contributed by atoms with Crippen molar-refractivity contribution < 1.29 is 99.8 Å². The van der Waals surface area contributed by atoms with E-state index in [9.17, 15) is 40.6 Å². The zero-order chi connectivity index (χ0) is 58.1. The van der Waals surface area contributed by atoms with E-state index >= 15 is 0 Å². The van der Waals surface area contributed by atoms with E-state index in [1.54, 1.807) is 12.1 Å². The Hall–Kier alpha value is -5.24. The van der Waals surface area contributed by atoms with Crippen molar-refractivity contribution >= 4 is 109 Å². The molecule has 0 saturated carbocycles. The first-order valence-electron chi connectivity index (χ1n) is 22.4. The minimum absolute atomic E-state index is 0.00899. The second-order valence-electron chi connectivity index (χ2n) is 17.1. The third kappa shape index (κ3) is 25.3. The van der Waals surface area contributed by atoms with Crippen molar-refractivity contribution in [3.8, 4) is 0 Å². The van der Waals surface area contributed by atoms with E-state index in [0.717, 1.165) is 59.6 Å². The monoisotopic (exact) mass is 1160 g/mol. The number of hydrogen-bond acceptors (Lipinski definition) is 23. The molecule has 3 aliphatic heterocycles. The standard InChI is InChI=1S/C22H31NO5S.C19H25NO2.C3H6O3S.4O3S/c1-6-9-19(24)16-13-17(20(25)10-7-2)21-18(14-16)23(15(3)22(21,4)5)11-8-12-29(26,27)28;1-6-8-16(21)13-10-14(17(22)9-7-2)18-15(11-13)20-12(3)19(18,4)5;4-7(5)3-1-2-6-7;4*1-4(2)3/h13-14H,6-12H2,1-5H3;10-11H,6-9H2,1-5H3;1-3H2;;;;. The second kappa shape index (κ2) is 32.9. The number of benzene rings is 2. The molecule has 0 amide bonds. The lowest BCUT2D eigenvalue weighted by atomic mass is 9.77. The SMILES string of the molecule is CCCC(=O)c1cc(C(=O)CCC)c2c(c1)[N+](CCCS(=O)(=O)[O-])=C(C)C2(C)C.CCCC(=O)c1cc2c(c(C(=O)CCC)c1)C(C)(C)C(C)=N2.O=S(=O)=O.O=S(=O)=O.O=S(=O)=O.O=S(=O)=O.O=S1(=O)CCCO1. The lowest BCUT2D eigenvalue weighted by molar-refractivity contribution is -0.438. The van der Waals surface area contributed by atoms with Crippen LogP contribution in [0.25, 0.3) is 0 Å². The molecule has 30 heteroatoms. The van der Waals surface area contributed by atoms with Gasteiger partial charge in [-0.2, -0.15) is 13.0 Å². The Labute approximate surface area is 437 Å². The van der Waals surface area contributed by atoms with E-state index in [1.807, 2.05) is 72.1 Å². The van der Waals surface area contributed by atoms with Crippen LogP contribution in [0.5, 0.6) is 0 Å². The summed E-state index contributed by atoms with van der Waals surface area (Å²) in [7, 11) is -19.8. The van der Waals surface area contributed by atoms with Gasteiger partial charge in [0.2, 0.25) is 5.69 Å². The van der Waals surface area contributed by atoms with E-state index < -0.39 is 73.8 Å². The molecular formula is C44H62N2O22S6. The number of rotatable bonds is 16. The van der Waals surface area contributed by atoms with Crippen molar-refractivity contribution in [2.45, 2.75) is 144 Å². The summed E-state index contributed by atoms with van der Waals surface area (Å²) in [6.45, 7) is 20.8. The Morgan fingerprint density at radius 3 is 1.35 bits per heavy atom. The Bertz CT molecular complexity index is 2990. The summed E-state index contributed by atoms with van der Waals surface area (Å²) in [5.41, 5.74) is 7.11. The zero-order valence-corrected chi connectivity index (χ0v) is 47.4. The van der Waals surface area contributed by atoms with Crippen molar-refractivity contribution in [2.75, 3.05) is 24.7 Å². The molecular weight excluding hydrogens is 1100 g/mol. The summed E-state index contributed by atoms with van der Waals surface area (Å²) in [6.07, 6.45) is 5.71. The molecule has 2 aromatic carbocycles. The topological polar surface area (TPSA) is 389 Å². The molecule has 24 nitrogen and oxygen atoms in total. The molecule has 1 saturated heterocycles. The Morgan fingerprint density at radius 1 is 0.635 bits per heavy atom. The molecule has 3 heterocycles. The van der Waals surface area contributed by atoms with E-state index in [-0.39, 0.29) is 40.7 Å². The van der Waals surface area contributed by atoms with Gasteiger partial charge < -0.3 is 4.55 Å². The van der Waals surface area contributed by atoms with Gasteiger partial charge in [-0.25, -0.2) is 8.42 Å². The van der Waals surface area contributed by atoms with Crippen molar-refractivity contribution in [3.05, 3.63) is 57.6 Å². The normalized spacial score (nSPS) is 14.6. The van der Waals surface area contributed by atoms with E-state index in [4.69, 9.17) is 50.5 Å². The highest BCUT2D eigenvalue weighted by molar-refractivity contribution is 7.86. The number of nitrogens with zero attached hydrogens (tertiary/aromatic N) is 2. The molecule has 0 spiro atoms. The molecule has 3 aliphatic rings. The quantitative estimate of drug-likeness (QED) is 0.0947. The minimum atomic E-state index is -4.29. The highest BCUT2D eigenvalue weighted by atomic mass is 32.2. The van der Waals surface area contributed by atoms with Crippen molar-refractivity contribution in [1.29, 1.82) is 0 Å². The predicted molar refractivity (Wildman–Crippen MR) is 266 cm³/mol. The fraction of sp³-hybridized carbons (Fsp3) is 0.591. The summed E-state index contributed by atoms with van der Waals surface area (Å²) in [4.78, 5) is 55.0. The number of ketones is 4. The summed E-state index contributed by atoms with van der Waals surface area (Å²) < 4.78 is 161. The van der Waals surface area contributed by atoms with Gasteiger partial charge in [-0.15, -0.1) is 50.5 Å². The van der Waals surface area contributed by atoms with Crippen LogP contribution in [-0.4, -0.2) is 136 Å². The molecule has 74 heavy (non-hydrogen) atoms. The maximum atomic E-state index is 12.9. The highest BCUT2D eigenvalue weighted by Crippen LogP contribution is 2.45. The van der Waals surface area contributed by atoms with Crippen LogP contribution in [0.3, 0.4) is 0 Å². The summed E-state index contributed by atoms with van der Waals surface area (Å²) in [5, 5.41) is 0. The average molecular weight is 1160 g/mol. The van der Waals surface area contributed by atoms with Gasteiger partial charge in [0.15, 0.2) is 28.8 Å². The predicted octanol–water partition coefficient (Wildman–Crippen LogP) is 4.74. The maximum Gasteiger partial charge on any atom is 0.425 e. The smallest absolute Gasteiger partial charge is 0.425 e. The molecule has 416 valence electrons. The van der Waals surface area contributed by atoms with Gasteiger partial charge in [0, 0.05) is 84.2 Å². The van der Waals surface area contributed by atoms with Gasteiger partial charge in [-0.05, 0) is 76.6 Å². The van der Waals surface area contributed by atoms with E-state index in [0.29, 0.717) is 67.5 Å². The molecule has 0 unspecified atom stereocenters. The van der Waals surface area contributed by atoms with Gasteiger partial charge in [0.05, 0.1) is 39.1 Å². The van der Waals surface area contributed by atoms with Gasteiger partial charge in [-0.3, -0.25) is 28.4 Å². The van der Waals surface area contributed by atoms with E-state index in [1.165, 1.54) is 0 Å². The van der Waals surface area contributed by atoms with Crippen molar-refractivity contribution in [1.82, 2.24) is 0 Å². The van der Waals surface area contributed by atoms with Crippen LogP contribution in [0.15, 0.2) is 29.3 Å². The number of fused-ring (bicyclic) bond motifs is 2. The van der Waals surface area contributed by atoms with Crippen LogP contribution in [0, 0.1) is 0 Å². The van der Waals surface area contributed by atoms with Gasteiger partial charge in [0.1, 0.15) is 6.54 Å². The first kappa shape index (κ1) is 70.8. The van der Waals surface area contributed by atoms with Crippen LogP contribution in [0.2, 0.25) is 0 Å². The maximum absolute atomic E-state index is 12.9. The first-order chi connectivity index (χ1) is 33.9. The lowest BCUT2D eigenvalue weighted by Crippen LogP contribution is -2.28. The van der Waals surface area contributed by atoms with Crippen LogP contribution in [0.1, 0.15) is 186 Å². The molecule has 0 radical (unpaired) electrons. The fourth-order valence-corrected chi connectivity index (χ4v) is 8.91. The third-order valence-corrected chi connectivity index (χ3v) is 13.1. The van der Waals surface area contributed by atoms with Gasteiger partial charge in [0.25, 0.3) is 10.1 Å². The molecule has 0 atom stereocenters. The first-order valence-corrected chi connectivity index (χ1v) is 29.6. The van der Waals surface area contributed by atoms with Crippen molar-refractivity contribution in [3.63, 3.8) is 0 Å². The van der Waals surface area contributed by atoms with Crippen LogP contribution >= 0.6 is 0 Å². The van der Waals surface area contributed by atoms with Crippen LogP contribution < -0.4 is 0 Å². The Kier molecular flexibility index (Phi) is 31.5. The van der Waals surface area contributed by atoms with Crippen molar-refractivity contribution in [2.24, 2.45) is 4.99 Å². The van der Waals surface area contributed by atoms with Gasteiger partial charge in [-0.1, -0.05) is 41.5 Å². The highest BCUT2D eigenvalue weighted by Gasteiger charge is 2.46. The lowest BCUT2D eigenvalue weighted by Gasteiger charge is -2.23. The summed E-state index contributed by atoms with van der Waals surface area (Å²) >= 11 is 0. The average Bonchev–Trinajstić information content (AvgIpc) is 3.83. The second-order valence-corrected chi connectivity index (χ2v) is 22.0. The zero-order valence-electron chi connectivity index (χ0n) is 42.5. The van der Waals surface area contributed by atoms with Crippen LogP contribution in [0.4, 0.5) is 11.4 Å². The summed E-state index contributed by atoms with van der Waals surface area (Å²) in [5.74, 6) is -0.0309. The molecule has 5 rings (SSSR count). The minimum Gasteiger partial charge on any atom is -0.748 e. The Balaban J connectivity index is 0.